The highest BCUT2D eigenvalue weighted by molar-refractivity contribution is 6.07. The van der Waals surface area contributed by atoms with E-state index in [1.54, 1.807) is 0 Å². The molecule has 6 aromatic carbocycles. The molecular weight excluding hydrogens is 484 g/mol. The van der Waals surface area contributed by atoms with Crippen molar-refractivity contribution >= 4 is 21.5 Å². The van der Waals surface area contributed by atoms with Gasteiger partial charge in [-0.25, -0.2) is 0 Å². The quantitative estimate of drug-likeness (QED) is 0.237. The van der Waals surface area contributed by atoms with Crippen LogP contribution in [0.25, 0.3) is 54.9 Å². The van der Waals surface area contributed by atoms with E-state index in [0.717, 1.165) is 66.1 Å². The minimum Gasteiger partial charge on any atom is -0.192 e. The monoisotopic (exact) mass is 512 g/mol. The van der Waals surface area contributed by atoms with Gasteiger partial charge in [0, 0.05) is 5.56 Å². The summed E-state index contributed by atoms with van der Waals surface area (Å²) in [6.07, 6.45) is 0. The number of rotatable bonds is 3. The van der Waals surface area contributed by atoms with E-state index in [1.807, 2.05) is 18.2 Å². The van der Waals surface area contributed by atoms with Crippen LogP contribution in [0.15, 0.2) is 115 Å². The number of fused-ring (bicyclic) bond motifs is 2. The third-order valence-corrected chi connectivity index (χ3v) is 7.69. The van der Waals surface area contributed by atoms with Crippen molar-refractivity contribution in [3.8, 4) is 45.5 Å². The molecule has 0 aromatic heterocycles. The zero-order chi connectivity index (χ0) is 27.9. The summed E-state index contributed by atoms with van der Waals surface area (Å²) in [6.45, 7) is 6.45. The fraction of sp³-hybridized carbons (Fsp3) is 0.105. The number of hydrogen-bond acceptors (Lipinski definition) is 2. The molecule has 2 heteroatoms. The van der Waals surface area contributed by atoms with Gasteiger partial charge in [0.2, 0.25) is 0 Å². The van der Waals surface area contributed by atoms with E-state index in [1.165, 1.54) is 0 Å². The summed E-state index contributed by atoms with van der Waals surface area (Å²) in [6, 6.07) is 44.5. The van der Waals surface area contributed by atoms with Crippen LogP contribution >= 0.6 is 0 Å². The summed E-state index contributed by atoms with van der Waals surface area (Å²) in [7, 11) is 0. The van der Waals surface area contributed by atoms with Gasteiger partial charge in [-0.3, -0.25) is 0 Å². The van der Waals surface area contributed by atoms with Gasteiger partial charge in [0.25, 0.3) is 0 Å². The maximum Gasteiger partial charge on any atom is 0.100 e. The van der Waals surface area contributed by atoms with Crippen molar-refractivity contribution in [2.24, 2.45) is 0 Å². The van der Waals surface area contributed by atoms with Crippen LogP contribution in [0, 0.1) is 22.7 Å². The Morgan fingerprint density at radius 2 is 1.15 bits per heavy atom. The molecule has 0 heterocycles. The highest BCUT2D eigenvalue weighted by atomic mass is 14.3. The molecule has 190 valence electrons. The van der Waals surface area contributed by atoms with Crippen LogP contribution in [0.3, 0.4) is 0 Å². The summed E-state index contributed by atoms with van der Waals surface area (Å²) in [4.78, 5) is 0. The molecule has 6 aromatic rings. The minimum atomic E-state index is -0.133. The third kappa shape index (κ3) is 4.31. The van der Waals surface area contributed by atoms with Gasteiger partial charge in [-0.1, -0.05) is 118 Å². The van der Waals surface area contributed by atoms with Crippen LogP contribution in [0.5, 0.6) is 0 Å². The molecule has 0 aliphatic rings. The molecule has 0 unspecified atom stereocenters. The summed E-state index contributed by atoms with van der Waals surface area (Å²) in [5, 5.41) is 24.2. The molecule has 0 radical (unpaired) electrons. The average Bonchev–Trinajstić information content (AvgIpc) is 2.99. The van der Waals surface area contributed by atoms with Gasteiger partial charge >= 0.3 is 0 Å². The number of nitriles is 2. The Kier molecular flexibility index (Phi) is 6.18. The molecule has 0 spiro atoms. The fourth-order valence-corrected chi connectivity index (χ4v) is 5.76. The standard InChI is InChI=1S/C38H28N2/c1-38(2,3)37-16-8-15-33(36(37)24-40)34-20-19-30(31-12-4-5-13-32(31)34)28-18-17-26-10-7-14-29(35(26)22-28)27-11-6-9-25(21-27)23-39/h4-22H,1-3H3. The second-order valence-corrected chi connectivity index (χ2v) is 11.2. The van der Waals surface area contributed by atoms with E-state index in [2.05, 4.69) is 130 Å². The zero-order valence-electron chi connectivity index (χ0n) is 22.9. The Bertz CT molecular complexity index is 2010. The molecule has 0 bridgehead atoms. The average molecular weight is 513 g/mol. The zero-order valence-corrected chi connectivity index (χ0v) is 22.9. The van der Waals surface area contributed by atoms with Crippen LogP contribution in [0.2, 0.25) is 0 Å². The second-order valence-electron chi connectivity index (χ2n) is 11.2. The first-order valence-electron chi connectivity index (χ1n) is 13.5. The molecule has 40 heavy (non-hydrogen) atoms. The molecule has 6 rings (SSSR count). The Balaban J connectivity index is 1.56. The van der Waals surface area contributed by atoms with Crippen LogP contribution in [0.1, 0.15) is 37.5 Å². The molecule has 0 aliphatic carbocycles. The maximum atomic E-state index is 10.2. The van der Waals surface area contributed by atoms with Crippen LogP contribution in [-0.2, 0) is 5.41 Å². The Hall–Kier alpha value is -5.18. The summed E-state index contributed by atoms with van der Waals surface area (Å²) in [5.41, 5.74) is 8.76. The van der Waals surface area contributed by atoms with Crippen molar-refractivity contribution in [3.63, 3.8) is 0 Å². The summed E-state index contributed by atoms with van der Waals surface area (Å²) < 4.78 is 0. The predicted molar refractivity (Wildman–Crippen MR) is 166 cm³/mol. The molecule has 0 N–H and O–H groups in total. The summed E-state index contributed by atoms with van der Waals surface area (Å²) in [5.74, 6) is 0. The Labute approximate surface area is 235 Å². The van der Waals surface area contributed by atoms with Gasteiger partial charge in [-0.05, 0) is 78.5 Å². The smallest absolute Gasteiger partial charge is 0.100 e. The van der Waals surface area contributed by atoms with Crippen molar-refractivity contribution in [2.45, 2.75) is 26.2 Å². The van der Waals surface area contributed by atoms with Gasteiger partial charge in [0.1, 0.15) is 6.07 Å². The van der Waals surface area contributed by atoms with Gasteiger partial charge in [-0.15, -0.1) is 0 Å². The molecule has 0 saturated heterocycles. The number of nitrogens with zero attached hydrogens (tertiary/aromatic N) is 2. The van der Waals surface area contributed by atoms with Crippen molar-refractivity contribution in [1.82, 2.24) is 0 Å². The summed E-state index contributed by atoms with van der Waals surface area (Å²) >= 11 is 0. The van der Waals surface area contributed by atoms with Crippen LogP contribution in [-0.4, -0.2) is 0 Å². The highest BCUT2D eigenvalue weighted by Crippen LogP contribution is 2.40. The van der Waals surface area contributed by atoms with Crippen LogP contribution in [0.4, 0.5) is 0 Å². The maximum absolute atomic E-state index is 10.2. The van der Waals surface area contributed by atoms with Crippen molar-refractivity contribution in [1.29, 1.82) is 10.5 Å². The van der Waals surface area contributed by atoms with Crippen molar-refractivity contribution < 1.29 is 0 Å². The first-order valence-corrected chi connectivity index (χ1v) is 13.5. The molecular formula is C38H28N2. The normalized spacial score (nSPS) is 11.3. The second kappa shape index (κ2) is 9.85. The number of hydrogen-bond donors (Lipinski definition) is 0. The van der Waals surface area contributed by atoms with Gasteiger partial charge < -0.3 is 0 Å². The van der Waals surface area contributed by atoms with Gasteiger partial charge in [-0.2, -0.15) is 10.5 Å². The SMILES string of the molecule is CC(C)(C)c1cccc(-c2ccc(-c3ccc4cccc(-c5cccc(C#N)c5)c4c3)c3ccccc23)c1C#N. The minimum absolute atomic E-state index is 0.133. The number of benzene rings is 6. The topological polar surface area (TPSA) is 47.6 Å². The van der Waals surface area contributed by atoms with E-state index in [-0.39, 0.29) is 5.41 Å². The molecule has 0 saturated carbocycles. The molecule has 2 nitrogen and oxygen atoms in total. The third-order valence-electron chi connectivity index (χ3n) is 7.69. The van der Waals surface area contributed by atoms with E-state index in [4.69, 9.17) is 0 Å². The lowest BCUT2D eigenvalue weighted by Gasteiger charge is -2.22. The molecule has 0 atom stereocenters. The van der Waals surface area contributed by atoms with Gasteiger partial charge in [0.05, 0.1) is 17.2 Å². The predicted octanol–water partition coefficient (Wildman–Crippen LogP) is 10.0. The van der Waals surface area contributed by atoms with E-state index in [9.17, 15) is 10.5 Å². The lowest BCUT2D eigenvalue weighted by molar-refractivity contribution is 0.589. The van der Waals surface area contributed by atoms with E-state index in [0.29, 0.717) is 5.56 Å². The van der Waals surface area contributed by atoms with Crippen LogP contribution < -0.4 is 0 Å². The first kappa shape index (κ1) is 25.1. The lowest BCUT2D eigenvalue weighted by atomic mass is 9.80. The van der Waals surface area contributed by atoms with Crippen molar-refractivity contribution in [2.75, 3.05) is 0 Å². The Morgan fingerprint density at radius 3 is 1.90 bits per heavy atom. The van der Waals surface area contributed by atoms with E-state index < -0.39 is 0 Å². The lowest BCUT2D eigenvalue weighted by Crippen LogP contribution is -2.13. The molecule has 0 fully saturated rings. The molecule has 0 aliphatic heterocycles. The first-order chi connectivity index (χ1) is 19.4. The van der Waals surface area contributed by atoms with E-state index >= 15 is 0 Å². The van der Waals surface area contributed by atoms with Crippen molar-refractivity contribution in [3.05, 3.63) is 132 Å². The highest BCUT2D eigenvalue weighted by Gasteiger charge is 2.22. The fourth-order valence-electron chi connectivity index (χ4n) is 5.76. The Morgan fingerprint density at radius 1 is 0.500 bits per heavy atom. The van der Waals surface area contributed by atoms with Gasteiger partial charge in [0.15, 0.2) is 0 Å². The molecule has 0 amide bonds. The largest absolute Gasteiger partial charge is 0.192 e.